The summed E-state index contributed by atoms with van der Waals surface area (Å²) in [5.74, 6) is -1.40. The molecule has 3 aromatic carbocycles. The molecule has 3 aliphatic carbocycles. The number of nitrogens with zero attached hydrogens (tertiary/aromatic N) is 9. The molecule has 3 saturated carbocycles. The Morgan fingerprint density at radius 3 is 1.12 bits per heavy atom. The van der Waals surface area contributed by atoms with E-state index >= 15 is 0 Å². The van der Waals surface area contributed by atoms with Gasteiger partial charge in [0.1, 0.15) is 17.7 Å². The standard InChI is InChI=1S/C23H25F3N4O3S.C23H23F3N4O3S.C17H24N2O2S.C6H3F3N2O2.C2H6.CH5P.BH/c2*1-22(2,33)14-7-16-18(34-21(30-16)13-5-3-12(11-31)4-6-13)8-15(14)29-20(32)17-9-27-10-19(28-17)23(24,25)26;1-17(2,21)12-7-14-15(8-13(12)18)22-16(19-14)11-5-3-10(9-20)4-6-11;7-6(8,9)4-2-10-1-3(11-4)5(12)13;2*1-2;/h7-10,12-13,31,33H,3-6,11H2,1-2H3,(H,29,32);7-13,33H,3-6H2,1-2H3,(H,29,32);7-8,10-11,20-21H,3-6,9,18H2,1-2H3;1-2H,(H,12,13);1-2H3;2H2,1H3;1H/i;;;;3*1D. The fraction of sp³-hybridized carbons (Fsp3) is 0.486. The van der Waals surface area contributed by atoms with E-state index in [9.17, 15) is 84.2 Å². The van der Waals surface area contributed by atoms with Gasteiger partial charge in [0.15, 0.2) is 22.8 Å². The number of nitrogens with one attached hydrogen (secondary N) is 2. The molecule has 1 atom stereocenters. The van der Waals surface area contributed by atoms with Gasteiger partial charge in [-0.05, 0) is 168 Å². The first-order chi connectivity index (χ1) is 52.0. The van der Waals surface area contributed by atoms with Gasteiger partial charge in [-0.25, -0.2) is 34.7 Å². The minimum absolute atomic E-state index is 0.0909. The molecule has 2 radical (unpaired) electrons. The lowest BCUT2D eigenvalue weighted by Gasteiger charge is -2.25. The van der Waals surface area contributed by atoms with Gasteiger partial charge in [0.2, 0.25) is 0 Å². The number of thiazole rings is 3. The largest absolute Gasteiger partial charge is 0.476 e. The third-order valence-corrected chi connectivity index (χ3v) is 21.4. The number of rotatable bonds is 14. The number of carbonyl (C=O) groups excluding carboxylic acids is 3. The minimum atomic E-state index is -4.73. The van der Waals surface area contributed by atoms with Crippen molar-refractivity contribution in [2.75, 3.05) is 36.2 Å². The lowest BCUT2D eigenvalue weighted by molar-refractivity contribution is -0.142. The molecule has 12 rings (SSSR count). The average Bonchev–Trinajstić information content (AvgIpc) is 1.69. The molecule has 0 saturated heterocycles. The van der Waals surface area contributed by atoms with Gasteiger partial charge in [-0.3, -0.25) is 24.5 Å². The second-order valence-electron chi connectivity index (χ2n) is 27.1. The zero-order valence-corrected chi connectivity index (χ0v) is 63.6. The van der Waals surface area contributed by atoms with E-state index < -0.39 is 87.3 Å². The summed E-state index contributed by atoms with van der Waals surface area (Å²) in [7, 11) is 6.00. The normalized spacial score (nSPS) is 18.6. The molecule has 0 spiro atoms. The van der Waals surface area contributed by atoms with Crippen LogP contribution in [0, 0.1) is 17.8 Å². The first-order valence-electron chi connectivity index (χ1n) is 35.8. The number of hydrogen-bond acceptors (Lipinski definition) is 22. The van der Waals surface area contributed by atoms with E-state index in [0.717, 1.165) is 137 Å². The summed E-state index contributed by atoms with van der Waals surface area (Å²) >= 11 is 4.67. The van der Waals surface area contributed by atoms with Crippen molar-refractivity contribution in [1.82, 2.24) is 44.9 Å². The van der Waals surface area contributed by atoms with Gasteiger partial charge >= 0.3 is 24.5 Å². The number of anilines is 3. The Hall–Kier alpha value is -7.89. The third kappa shape index (κ3) is 23.6. The van der Waals surface area contributed by atoms with Crippen LogP contribution in [0.3, 0.4) is 0 Å². The number of carbonyl (C=O) groups is 4. The molecule has 36 heteroatoms. The number of nitrogen functional groups attached to an aromatic ring is 1. The zero-order chi connectivity index (χ0) is 82.7. The van der Waals surface area contributed by atoms with E-state index in [0.29, 0.717) is 84.3 Å². The number of aromatic nitrogens is 9. The highest BCUT2D eigenvalue weighted by Crippen LogP contribution is 2.45. The Balaban J connectivity index is 0.000000234. The van der Waals surface area contributed by atoms with Crippen molar-refractivity contribution in [2.45, 2.75) is 186 Å². The molecule has 3 aliphatic rings. The van der Waals surface area contributed by atoms with Crippen molar-refractivity contribution in [3.05, 3.63) is 139 Å². The molecular formula is C72H87BF9N12O10PS3. The number of aromatic carboxylic acids is 1. The summed E-state index contributed by atoms with van der Waals surface area (Å²) < 4.78 is 134. The van der Waals surface area contributed by atoms with Crippen molar-refractivity contribution in [3.8, 4) is 0 Å². The lowest BCUT2D eigenvalue weighted by Crippen LogP contribution is -2.22. The number of aldehydes is 1. The number of hydrogen-bond donors (Lipinski definition) is 9. The van der Waals surface area contributed by atoms with Crippen molar-refractivity contribution in [3.63, 3.8) is 0 Å². The van der Waals surface area contributed by atoms with Crippen LogP contribution in [-0.2, 0) is 40.1 Å². The third-order valence-electron chi connectivity index (χ3n) is 17.8. The molecule has 9 aromatic rings. The molecule has 3 fully saturated rings. The van der Waals surface area contributed by atoms with E-state index in [2.05, 4.69) is 58.2 Å². The smallest absolute Gasteiger partial charge is 0.434 e. The SMILES string of the molecule is CC(C)(O)c1cc2nc(C3CCC(C=O)CC3)sc2cc1NC(=O)c1cncc(C(F)(F)F)n1.CC(C)(O)c1cc2nc(C3CCC(CO)CC3)sc2cc1N.CC(C)(O)c1cc2nc(C3CCC(CO)CC3)sc2cc1NC(=O)c1cncc(C(F)(F)F)n1.O=C(O)c1cncc(C(F)(F)F)n1.[2H]CC.[2H]CP.[2H][B]. The topological polar surface area (TPSA) is 356 Å². The van der Waals surface area contributed by atoms with Crippen LogP contribution in [0.15, 0.2) is 73.6 Å². The van der Waals surface area contributed by atoms with E-state index in [1.807, 2.05) is 12.1 Å². The average molecular weight is 1590 g/mol. The molecule has 0 aliphatic heterocycles. The van der Waals surface area contributed by atoms with E-state index in [4.69, 9.17) is 29.9 Å². The van der Waals surface area contributed by atoms with Gasteiger partial charge < -0.3 is 51.8 Å². The summed E-state index contributed by atoms with van der Waals surface area (Å²) in [6.07, 6.45) is 2.55. The molecule has 584 valence electrons. The maximum atomic E-state index is 13.0. The second-order valence-corrected chi connectivity index (χ2v) is 30.3. The van der Waals surface area contributed by atoms with Crippen molar-refractivity contribution in [1.29, 1.82) is 1.34 Å². The summed E-state index contributed by atoms with van der Waals surface area (Å²) in [6, 6.07) is 10.6. The number of carboxylic acid groups (broad SMARTS) is 1. The van der Waals surface area contributed by atoms with Crippen LogP contribution in [0.25, 0.3) is 30.6 Å². The molecule has 6 aromatic heterocycles. The highest BCUT2D eigenvalue weighted by atomic mass is 32.1. The lowest BCUT2D eigenvalue weighted by atomic mass is 9.83. The predicted molar refractivity (Wildman–Crippen MR) is 401 cm³/mol. The summed E-state index contributed by atoms with van der Waals surface area (Å²) in [5.41, 5.74) is 1.78. The zero-order valence-electron chi connectivity index (χ0n) is 63.0. The Labute approximate surface area is 637 Å². The number of alkyl halides is 9. The van der Waals surface area contributed by atoms with Crippen molar-refractivity contribution in [2.24, 2.45) is 17.8 Å². The Kier molecular flexibility index (Phi) is 29.4. The van der Waals surface area contributed by atoms with Gasteiger partial charge in [-0.2, -0.15) is 39.5 Å². The van der Waals surface area contributed by atoms with E-state index in [-0.39, 0.29) is 35.7 Å². The summed E-state index contributed by atoms with van der Waals surface area (Å²) in [4.78, 5) is 80.7. The number of aliphatic hydroxyl groups is 5. The maximum Gasteiger partial charge on any atom is 0.434 e. The van der Waals surface area contributed by atoms with Crippen molar-refractivity contribution >= 4 is 123 Å². The number of fused-ring (bicyclic) bond motifs is 3. The molecule has 22 nitrogen and oxygen atoms in total. The first kappa shape index (κ1) is 84.1. The number of amides is 2. The van der Waals surface area contributed by atoms with Gasteiger partial charge in [-0.1, -0.05) is 20.5 Å². The minimum Gasteiger partial charge on any atom is -0.476 e. The Morgan fingerprint density at radius 1 is 0.528 bits per heavy atom. The van der Waals surface area contributed by atoms with Crippen LogP contribution in [0.1, 0.15) is 233 Å². The molecule has 1 unspecified atom stereocenters. The van der Waals surface area contributed by atoms with Crippen LogP contribution in [-0.4, -0.2) is 129 Å². The maximum absolute atomic E-state index is 13.0. The summed E-state index contributed by atoms with van der Waals surface area (Å²) in [6.45, 7) is 12.9. The van der Waals surface area contributed by atoms with Crippen LogP contribution in [0.4, 0.5) is 56.6 Å². The first-order valence-corrected chi connectivity index (χ1v) is 37.1. The molecule has 6 heterocycles. The van der Waals surface area contributed by atoms with Crippen molar-refractivity contribution < 1.29 is 92.1 Å². The fourth-order valence-corrected chi connectivity index (χ4v) is 15.6. The number of carboxylic acids is 1. The van der Waals surface area contributed by atoms with Crippen LogP contribution >= 0.6 is 43.3 Å². The predicted octanol–water partition coefficient (Wildman–Crippen LogP) is 15.3. The highest BCUT2D eigenvalue weighted by molar-refractivity contribution is 7.19. The fourth-order valence-electron chi connectivity index (χ4n) is 12.2. The Morgan fingerprint density at radius 2 is 0.824 bits per heavy atom. The van der Waals surface area contributed by atoms with Gasteiger partial charge in [0.25, 0.3) is 11.8 Å². The highest BCUT2D eigenvalue weighted by Gasteiger charge is 2.38. The van der Waals surface area contributed by atoms with Gasteiger partial charge in [-0.15, -0.1) is 43.3 Å². The number of benzene rings is 3. The molecule has 10 N–H and O–H groups in total. The number of aliphatic hydroxyl groups excluding tert-OH is 2. The monoisotopic (exact) mass is 1590 g/mol. The van der Waals surface area contributed by atoms with E-state index in [1.165, 1.54) is 27.7 Å². The van der Waals surface area contributed by atoms with E-state index in [1.54, 1.807) is 84.1 Å². The van der Waals surface area contributed by atoms with Gasteiger partial charge in [0.05, 0.1) is 99.7 Å². The summed E-state index contributed by atoms with van der Waals surface area (Å²) in [5, 5.41) is 66.7. The second kappa shape index (κ2) is 37.7. The van der Waals surface area contributed by atoms with Crippen LogP contribution in [0.2, 0.25) is 0 Å². The van der Waals surface area contributed by atoms with Crippen LogP contribution in [0.5, 0.6) is 0 Å². The number of nitrogens with two attached hydrogens (primary N) is 1. The Bertz CT molecular complexity index is 4580. The molecule has 2 amide bonds. The number of halogens is 9. The van der Waals surface area contributed by atoms with Crippen LogP contribution < -0.4 is 16.4 Å². The molecule has 108 heavy (non-hydrogen) atoms. The molecule has 0 bridgehead atoms. The van der Waals surface area contributed by atoms with Gasteiger partial charge in [0, 0.05) is 81.8 Å². The quantitative estimate of drug-likeness (QED) is 0.0160. The molecular weight excluding hydrogens is 1500 g/mol.